The number of aromatic nitrogens is 4. The number of hydrogen-bond donors (Lipinski definition) is 2. The van der Waals surface area contributed by atoms with Crippen LogP contribution in [0.2, 0.25) is 0 Å². The van der Waals surface area contributed by atoms with Crippen molar-refractivity contribution in [3.05, 3.63) is 54.0 Å². The highest BCUT2D eigenvalue weighted by molar-refractivity contribution is 7.92. The number of halogens is 2. The Hall–Kier alpha value is -3.61. The van der Waals surface area contributed by atoms with E-state index < -0.39 is 34.7 Å². The maximum atomic E-state index is 13.4. The summed E-state index contributed by atoms with van der Waals surface area (Å²) in [5.74, 6) is -0.476. The van der Waals surface area contributed by atoms with Gasteiger partial charge in [0, 0.05) is 7.05 Å². The third kappa shape index (κ3) is 5.72. The first-order valence-corrected chi connectivity index (χ1v) is 10.7. The number of carbonyl (C=O) groups is 1. The molecule has 0 saturated carbocycles. The average molecular weight is 452 g/mol. The van der Waals surface area contributed by atoms with E-state index in [0.29, 0.717) is 0 Å². The number of aryl methyl sites for hydroxylation is 1. The minimum absolute atomic E-state index is 0.109. The lowest BCUT2D eigenvalue weighted by Crippen LogP contribution is -2.20. The molecule has 1 atom stereocenters. The van der Waals surface area contributed by atoms with Gasteiger partial charge in [-0.25, -0.2) is 26.7 Å². The standard InChI is InChI=1S/C18H18F2N6O4S/c1-26-17(22-18(27)30-15(9-19)11-4-3-5-12(20)8-11)16(23-25-26)14-7-6-13(10-21-14)24-31(2,28)29/h3-8,10,15,24H,9H2,1-2H3,(H,22,27)/t15-/m1/s1. The molecule has 3 aromatic rings. The molecular formula is C18H18F2N6O4S. The second kappa shape index (κ2) is 9.04. The van der Waals surface area contributed by atoms with Gasteiger partial charge in [-0.05, 0) is 29.8 Å². The smallest absolute Gasteiger partial charge is 0.413 e. The van der Waals surface area contributed by atoms with Gasteiger partial charge >= 0.3 is 6.09 Å². The van der Waals surface area contributed by atoms with Gasteiger partial charge in [0.25, 0.3) is 0 Å². The zero-order valence-electron chi connectivity index (χ0n) is 16.4. The van der Waals surface area contributed by atoms with Gasteiger partial charge in [0.15, 0.2) is 17.6 Å². The van der Waals surface area contributed by atoms with Crippen molar-refractivity contribution in [1.29, 1.82) is 0 Å². The van der Waals surface area contributed by atoms with Crippen LogP contribution in [0.4, 0.5) is 25.1 Å². The molecule has 2 heterocycles. The molecule has 0 bridgehead atoms. The lowest BCUT2D eigenvalue weighted by Gasteiger charge is -2.16. The Balaban J connectivity index is 1.77. The van der Waals surface area contributed by atoms with Crippen LogP contribution in [-0.4, -0.2) is 47.4 Å². The van der Waals surface area contributed by atoms with Gasteiger partial charge in [0.05, 0.1) is 23.8 Å². The Labute approximate surface area is 176 Å². The Morgan fingerprint density at radius 1 is 1.29 bits per heavy atom. The van der Waals surface area contributed by atoms with Crippen molar-refractivity contribution in [1.82, 2.24) is 20.0 Å². The summed E-state index contributed by atoms with van der Waals surface area (Å²) in [6.07, 6.45) is -0.0316. The molecule has 2 aromatic heterocycles. The molecule has 0 aliphatic rings. The third-order valence-electron chi connectivity index (χ3n) is 3.97. The van der Waals surface area contributed by atoms with Crippen molar-refractivity contribution in [3.8, 4) is 11.4 Å². The molecule has 0 saturated heterocycles. The highest BCUT2D eigenvalue weighted by Crippen LogP contribution is 2.26. The predicted octanol–water partition coefficient (Wildman–Crippen LogP) is 2.65. The molecule has 0 fully saturated rings. The summed E-state index contributed by atoms with van der Waals surface area (Å²) in [5.41, 5.74) is 0.865. The minimum Gasteiger partial charge on any atom is -0.438 e. The zero-order valence-corrected chi connectivity index (χ0v) is 17.2. The number of nitrogens with one attached hydrogen (secondary N) is 2. The van der Waals surface area contributed by atoms with Crippen molar-refractivity contribution < 1.29 is 26.7 Å². The number of amides is 1. The monoisotopic (exact) mass is 452 g/mol. The summed E-state index contributed by atoms with van der Waals surface area (Å²) in [7, 11) is -1.96. The molecule has 164 valence electrons. The number of nitrogens with zero attached hydrogens (tertiary/aromatic N) is 4. The normalized spacial score (nSPS) is 12.3. The summed E-state index contributed by atoms with van der Waals surface area (Å²) < 4.78 is 57.9. The molecule has 0 aliphatic carbocycles. The molecule has 0 aliphatic heterocycles. The van der Waals surface area contributed by atoms with Crippen LogP contribution in [0, 0.1) is 5.82 Å². The second-order valence-corrected chi connectivity index (χ2v) is 8.19. The summed E-state index contributed by atoms with van der Waals surface area (Å²) >= 11 is 0. The highest BCUT2D eigenvalue weighted by atomic mass is 32.2. The van der Waals surface area contributed by atoms with Crippen LogP contribution in [0.25, 0.3) is 11.4 Å². The number of alkyl halides is 1. The number of ether oxygens (including phenoxy) is 1. The molecular weight excluding hydrogens is 434 g/mol. The molecule has 0 unspecified atom stereocenters. The van der Waals surface area contributed by atoms with Gasteiger partial charge in [-0.1, -0.05) is 17.3 Å². The lowest BCUT2D eigenvalue weighted by atomic mass is 10.1. The molecule has 3 rings (SSSR count). The fraction of sp³-hybridized carbons (Fsp3) is 0.222. The second-order valence-electron chi connectivity index (χ2n) is 6.44. The van der Waals surface area contributed by atoms with Gasteiger partial charge < -0.3 is 4.74 Å². The molecule has 0 spiro atoms. The van der Waals surface area contributed by atoms with Gasteiger partial charge in [0.1, 0.15) is 12.5 Å². The maximum Gasteiger partial charge on any atom is 0.413 e. The first-order chi connectivity index (χ1) is 14.7. The van der Waals surface area contributed by atoms with Crippen LogP contribution < -0.4 is 10.0 Å². The van der Waals surface area contributed by atoms with Gasteiger partial charge in [-0.2, -0.15) is 0 Å². The number of carbonyl (C=O) groups excluding carboxylic acids is 1. The van der Waals surface area contributed by atoms with E-state index in [1.807, 2.05) is 0 Å². The van der Waals surface area contributed by atoms with Gasteiger partial charge in [-0.15, -0.1) is 5.10 Å². The number of benzene rings is 1. The zero-order chi connectivity index (χ0) is 22.6. The summed E-state index contributed by atoms with van der Waals surface area (Å²) in [5, 5.41) is 10.2. The summed E-state index contributed by atoms with van der Waals surface area (Å²) in [6.45, 7) is -1.05. The molecule has 0 radical (unpaired) electrons. The number of hydrogen-bond acceptors (Lipinski definition) is 7. The van der Waals surface area contributed by atoms with Crippen LogP contribution in [0.5, 0.6) is 0 Å². The van der Waals surface area contributed by atoms with Crippen molar-refractivity contribution >= 4 is 27.6 Å². The van der Waals surface area contributed by atoms with E-state index in [1.54, 1.807) is 0 Å². The van der Waals surface area contributed by atoms with Crippen LogP contribution in [0.1, 0.15) is 11.7 Å². The van der Waals surface area contributed by atoms with Crippen molar-refractivity contribution in [2.75, 3.05) is 23.0 Å². The van der Waals surface area contributed by atoms with E-state index in [2.05, 4.69) is 25.3 Å². The lowest BCUT2D eigenvalue weighted by molar-refractivity contribution is 0.0926. The Bertz CT molecular complexity index is 1180. The predicted molar refractivity (Wildman–Crippen MR) is 108 cm³/mol. The van der Waals surface area contributed by atoms with Gasteiger partial charge in [0.2, 0.25) is 10.0 Å². The van der Waals surface area contributed by atoms with Crippen molar-refractivity contribution in [2.24, 2.45) is 7.05 Å². The quantitative estimate of drug-likeness (QED) is 0.564. The Kier molecular flexibility index (Phi) is 6.44. The fourth-order valence-corrected chi connectivity index (χ4v) is 3.18. The molecule has 10 nitrogen and oxygen atoms in total. The van der Waals surface area contributed by atoms with Crippen LogP contribution in [0.3, 0.4) is 0 Å². The molecule has 1 aromatic carbocycles. The third-order valence-corrected chi connectivity index (χ3v) is 4.57. The molecule has 1 amide bonds. The van der Waals surface area contributed by atoms with E-state index in [-0.39, 0.29) is 28.5 Å². The Morgan fingerprint density at radius 2 is 2.06 bits per heavy atom. The van der Waals surface area contributed by atoms with E-state index in [4.69, 9.17) is 4.74 Å². The van der Waals surface area contributed by atoms with E-state index in [0.717, 1.165) is 12.3 Å². The first-order valence-electron chi connectivity index (χ1n) is 8.79. The molecule has 13 heteroatoms. The van der Waals surface area contributed by atoms with Crippen LogP contribution in [0.15, 0.2) is 42.6 Å². The average Bonchev–Trinajstić information content (AvgIpc) is 3.06. The van der Waals surface area contributed by atoms with Gasteiger partial charge in [-0.3, -0.25) is 15.0 Å². The minimum atomic E-state index is -3.46. The number of pyridine rings is 1. The van der Waals surface area contributed by atoms with E-state index >= 15 is 0 Å². The largest absolute Gasteiger partial charge is 0.438 e. The molecule has 31 heavy (non-hydrogen) atoms. The number of anilines is 2. The maximum absolute atomic E-state index is 13.4. The number of rotatable bonds is 7. The van der Waals surface area contributed by atoms with Crippen LogP contribution >= 0.6 is 0 Å². The van der Waals surface area contributed by atoms with Crippen molar-refractivity contribution in [3.63, 3.8) is 0 Å². The van der Waals surface area contributed by atoms with Crippen LogP contribution in [-0.2, 0) is 21.8 Å². The number of sulfonamides is 1. The van der Waals surface area contributed by atoms with E-state index in [9.17, 15) is 22.0 Å². The topological polar surface area (TPSA) is 128 Å². The first kappa shape index (κ1) is 22.1. The fourth-order valence-electron chi connectivity index (χ4n) is 2.63. The van der Waals surface area contributed by atoms with E-state index in [1.165, 1.54) is 48.3 Å². The molecule has 2 N–H and O–H groups in total. The van der Waals surface area contributed by atoms with Crippen molar-refractivity contribution in [2.45, 2.75) is 6.10 Å². The summed E-state index contributed by atoms with van der Waals surface area (Å²) in [4.78, 5) is 16.4. The SMILES string of the molecule is Cn1nnc(-c2ccc(NS(C)(=O)=O)cn2)c1NC(=O)O[C@H](CF)c1cccc(F)c1. The highest BCUT2D eigenvalue weighted by Gasteiger charge is 2.21. The summed E-state index contributed by atoms with van der Waals surface area (Å²) in [6, 6.07) is 8.02. The Morgan fingerprint density at radius 3 is 2.68 bits per heavy atom.